The maximum atomic E-state index is 13.1. The van der Waals surface area contributed by atoms with Crippen LogP contribution in [0, 0.1) is 5.82 Å². The minimum absolute atomic E-state index is 0.265. The minimum atomic E-state index is -0.684. The summed E-state index contributed by atoms with van der Waals surface area (Å²) in [6, 6.07) is 8.87. The van der Waals surface area contributed by atoms with Crippen LogP contribution in [-0.2, 0) is 4.79 Å². The summed E-state index contributed by atoms with van der Waals surface area (Å²) in [5, 5.41) is 4.66. The molecule has 0 aliphatic heterocycles. The van der Waals surface area contributed by atoms with E-state index in [4.69, 9.17) is 5.73 Å². The van der Waals surface area contributed by atoms with Crippen molar-refractivity contribution >= 4 is 17.2 Å². The third kappa shape index (κ3) is 3.39. The predicted molar refractivity (Wildman–Crippen MR) is 74.2 cm³/mol. The van der Waals surface area contributed by atoms with Crippen LogP contribution in [-0.4, -0.2) is 5.91 Å². The van der Waals surface area contributed by atoms with E-state index in [-0.39, 0.29) is 17.8 Å². The van der Waals surface area contributed by atoms with Gasteiger partial charge in [-0.1, -0.05) is 18.2 Å². The first-order chi connectivity index (χ1) is 9.08. The van der Waals surface area contributed by atoms with Gasteiger partial charge >= 0.3 is 0 Å². The molecule has 0 saturated carbocycles. The number of carbonyl (C=O) groups excluding carboxylic acids is 1. The van der Waals surface area contributed by atoms with Gasteiger partial charge < -0.3 is 11.1 Å². The zero-order valence-corrected chi connectivity index (χ0v) is 11.3. The molecule has 0 spiro atoms. The second-order valence-electron chi connectivity index (χ2n) is 4.28. The van der Waals surface area contributed by atoms with Crippen molar-refractivity contribution in [2.75, 3.05) is 0 Å². The zero-order chi connectivity index (χ0) is 13.8. The molecule has 1 heterocycles. The molecule has 2 aromatic rings. The average molecular weight is 278 g/mol. The van der Waals surface area contributed by atoms with Gasteiger partial charge in [-0.2, -0.15) is 0 Å². The van der Waals surface area contributed by atoms with Crippen LogP contribution in [0.25, 0.3) is 0 Å². The molecule has 3 N–H and O–H groups in total. The normalized spacial score (nSPS) is 13.8. The van der Waals surface area contributed by atoms with Crippen molar-refractivity contribution in [3.63, 3.8) is 0 Å². The number of amides is 1. The van der Waals surface area contributed by atoms with Crippen LogP contribution in [0.3, 0.4) is 0 Å². The average Bonchev–Trinajstić information content (AvgIpc) is 2.91. The van der Waals surface area contributed by atoms with E-state index < -0.39 is 6.04 Å². The summed E-state index contributed by atoms with van der Waals surface area (Å²) in [5.41, 5.74) is 6.58. The van der Waals surface area contributed by atoms with Gasteiger partial charge in [0.25, 0.3) is 0 Å². The first-order valence-corrected chi connectivity index (χ1v) is 6.80. The van der Waals surface area contributed by atoms with Crippen LogP contribution in [0.2, 0.25) is 0 Å². The standard InChI is InChI=1S/C14H15FN2OS/c1-9(10-4-2-5-11(15)8-10)17-14(18)13(16)12-6-3-7-19-12/h2-9,13H,16H2,1H3,(H,17,18). The molecule has 0 bridgehead atoms. The number of carbonyl (C=O) groups is 1. The predicted octanol–water partition coefficient (Wildman–Crippen LogP) is 2.76. The summed E-state index contributed by atoms with van der Waals surface area (Å²) < 4.78 is 13.1. The highest BCUT2D eigenvalue weighted by molar-refractivity contribution is 7.10. The highest BCUT2D eigenvalue weighted by Gasteiger charge is 2.19. The molecule has 0 aliphatic rings. The Bertz CT molecular complexity index is 556. The van der Waals surface area contributed by atoms with Crippen LogP contribution in [0.5, 0.6) is 0 Å². The third-order valence-corrected chi connectivity index (χ3v) is 3.80. The smallest absolute Gasteiger partial charge is 0.242 e. The summed E-state index contributed by atoms with van der Waals surface area (Å²) in [6.45, 7) is 1.80. The van der Waals surface area contributed by atoms with Gasteiger partial charge in [-0.3, -0.25) is 4.79 Å². The number of nitrogens with two attached hydrogens (primary N) is 1. The van der Waals surface area contributed by atoms with Crippen molar-refractivity contribution in [2.45, 2.75) is 19.0 Å². The van der Waals surface area contributed by atoms with Gasteiger partial charge in [-0.15, -0.1) is 11.3 Å². The maximum absolute atomic E-state index is 13.1. The van der Waals surface area contributed by atoms with Crippen LogP contribution in [0.1, 0.15) is 29.4 Å². The Morgan fingerprint density at radius 1 is 1.37 bits per heavy atom. The van der Waals surface area contributed by atoms with Crippen LogP contribution >= 0.6 is 11.3 Å². The Morgan fingerprint density at radius 3 is 2.79 bits per heavy atom. The number of hydrogen-bond acceptors (Lipinski definition) is 3. The molecule has 3 nitrogen and oxygen atoms in total. The van der Waals surface area contributed by atoms with E-state index in [1.54, 1.807) is 19.1 Å². The summed E-state index contributed by atoms with van der Waals surface area (Å²) in [7, 11) is 0. The summed E-state index contributed by atoms with van der Waals surface area (Å²) >= 11 is 1.44. The molecule has 100 valence electrons. The molecule has 0 radical (unpaired) electrons. The molecule has 0 fully saturated rings. The number of benzene rings is 1. The lowest BCUT2D eigenvalue weighted by Gasteiger charge is -2.17. The fourth-order valence-corrected chi connectivity index (χ4v) is 2.48. The molecule has 1 amide bonds. The molecule has 19 heavy (non-hydrogen) atoms. The number of thiophene rings is 1. The van der Waals surface area contributed by atoms with Crippen LogP contribution in [0.4, 0.5) is 4.39 Å². The summed E-state index contributed by atoms with van der Waals surface area (Å²) in [4.78, 5) is 12.8. The molecule has 2 atom stereocenters. The van der Waals surface area contributed by atoms with E-state index in [1.807, 2.05) is 17.5 Å². The fraction of sp³-hybridized carbons (Fsp3) is 0.214. The van der Waals surface area contributed by atoms with Gasteiger partial charge in [-0.05, 0) is 36.1 Å². The number of rotatable bonds is 4. The largest absolute Gasteiger partial charge is 0.348 e. The Balaban J connectivity index is 2.03. The molecule has 1 aromatic heterocycles. The molecular weight excluding hydrogens is 263 g/mol. The quantitative estimate of drug-likeness (QED) is 0.903. The molecule has 5 heteroatoms. The Labute approximate surface area is 115 Å². The van der Waals surface area contributed by atoms with Crippen molar-refractivity contribution in [2.24, 2.45) is 5.73 Å². The Kier molecular flexibility index (Phi) is 4.29. The van der Waals surface area contributed by atoms with Gasteiger partial charge in [-0.25, -0.2) is 4.39 Å². The fourth-order valence-electron chi connectivity index (χ4n) is 1.76. The highest BCUT2D eigenvalue weighted by Crippen LogP contribution is 2.19. The van der Waals surface area contributed by atoms with E-state index in [2.05, 4.69) is 5.32 Å². The van der Waals surface area contributed by atoms with E-state index in [0.29, 0.717) is 5.56 Å². The second-order valence-corrected chi connectivity index (χ2v) is 5.26. The van der Waals surface area contributed by atoms with Crippen LogP contribution < -0.4 is 11.1 Å². The van der Waals surface area contributed by atoms with Crippen molar-refractivity contribution in [1.29, 1.82) is 0 Å². The maximum Gasteiger partial charge on any atom is 0.242 e. The molecular formula is C14H15FN2OS. The first-order valence-electron chi connectivity index (χ1n) is 5.93. The van der Waals surface area contributed by atoms with Gasteiger partial charge in [0.15, 0.2) is 0 Å². The van der Waals surface area contributed by atoms with E-state index >= 15 is 0 Å². The third-order valence-electron chi connectivity index (χ3n) is 2.84. The number of nitrogens with one attached hydrogen (secondary N) is 1. The van der Waals surface area contributed by atoms with Gasteiger partial charge in [0.1, 0.15) is 11.9 Å². The topological polar surface area (TPSA) is 55.1 Å². The highest BCUT2D eigenvalue weighted by atomic mass is 32.1. The lowest BCUT2D eigenvalue weighted by molar-refractivity contribution is -0.123. The van der Waals surface area contributed by atoms with E-state index in [0.717, 1.165) is 4.88 Å². The Morgan fingerprint density at radius 2 is 2.16 bits per heavy atom. The molecule has 0 saturated heterocycles. The lowest BCUT2D eigenvalue weighted by Crippen LogP contribution is -2.35. The zero-order valence-electron chi connectivity index (χ0n) is 10.5. The molecule has 0 aliphatic carbocycles. The lowest BCUT2D eigenvalue weighted by atomic mass is 10.1. The van der Waals surface area contributed by atoms with Gasteiger partial charge in [0, 0.05) is 4.88 Å². The monoisotopic (exact) mass is 278 g/mol. The second kappa shape index (κ2) is 5.95. The molecule has 1 aromatic carbocycles. The molecule has 2 rings (SSSR count). The van der Waals surface area contributed by atoms with Crippen molar-refractivity contribution in [3.8, 4) is 0 Å². The van der Waals surface area contributed by atoms with Gasteiger partial charge in [0.2, 0.25) is 5.91 Å². The number of hydrogen-bond donors (Lipinski definition) is 2. The minimum Gasteiger partial charge on any atom is -0.348 e. The van der Waals surface area contributed by atoms with Gasteiger partial charge in [0.05, 0.1) is 6.04 Å². The van der Waals surface area contributed by atoms with Crippen LogP contribution in [0.15, 0.2) is 41.8 Å². The van der Waals surface area contributed by atoms with E-state index in [1.165, 1.54) is 23.5 Å². The van der Waals surface area contributed by atoms with Crippen molar-refractivity contribution < 1.29 is 9.18 Å². The SMILES string of the molecule is CC(NC(=O)C(N)c1cccs1)c1cccc(F)c1. The summed E-state index contributed by atoms with van der Waals surface area (Å²) in [6.07, 6.45) is 0. The Hall–Kier alpha value is -1.72. The van der Waals surface area contributed by atoms with Crippen molar-refractivity contribution in [1.82, 2.24) is 5.32 Å². The number of halogens is 1. The summed E-state index contributed by atoms with van der Waals surface area (Å²) in [5.74, 6) is -0.583. The first kappa shape index (κ1) is 13.7. The van der Waals surface area contributed by atoms with Crippen molar-refractivity contribution in [3.05, 3.63) is 58.0 Å². The van der Waals surface area contributed by atoms with E-state index in [9.17, 15) is 9.18 Å². The molecule has 2 unspecified atom stereocenters.